The van der Waals surface area contributed by atoms with E-state index in [0.717, 1.165) is 5.56 Å². The van der Waals surface area contributed by atoms with E-state index in [2.05, 4.69) is 15.4 Å². The first-order chi connectivity index (χ1) is 17.8. The number of carbonyl (C=O) groups is 4. The summed E-state index contributed by atoms with van der Waals surface area (Å²) in [6.07, 6.45) is -0.624. The maximum Gasteiger partial charge on any atom is 0.408 e. The summed E-state index contributed by atoms with van der Waals surface area (Å²) in [6.45, 7) is 8.24. The lowest BCUT2D eigenvalue weighted by molar-refractivity contribution is -0.146. The van der Waals surface area contributed by atoms with E-state index in [9.17, 15) is 24.3 Å². The summed E-state index contributed by atoms with van der Waals surface area (Å²) in [4.78, 5) is 53.3. The molecule has 0 bridgehead atoms. The highest BCUT2D eigenvalue weighted by Gasteiger charge is 2.38. The van der Waals surface area contributed by atoms with Crippen molar-refractivity contribution in [3.8, 4) is 5.75 Å². The molecule has 0 spiro atoms. The monoisotopic (exact) mass is 527 g/mol. The van der Waals surface area contributed by atoms with Gasteiger partial charge in [0.1, 0.15) is 30.0 Å². The SMILES string of the molecule is COC(=O)CNC(=O)C(c1ccc(O)cc1)N(C(=O)C(Cc1ccccc1)NC(=O)OC(C)(C)C)C(C)C. The lowest BCUT2D eigenvalue weighted by Crippen LogP contribution is -2.56. The number of nitrogens with zero attached hydrogens (tertiary/aromatic N) is 1. The number of benzene rings is 2. The molecule has 0 aliphatic rings. The molecule has 10 nitrogen and oxygen atoms in total. The van der Waals surface area contributed by atoms with E-state index in [1.54, 1.807) is 34.6 Å². The van der Waals surface area contributed by atoms with Crippen LogP contribution in [0.15, 0.2) is 54.6 Å². The molecule has 0 fully saturated rings. The van der Waals surface area contributed by atoms with E-state index in [-0.39, 0.29) is 12.2 Å². The van der Waals surface area contributed by atoms with Gasteiger partial charge in [-0.25, -0.2) is 4.79 Å². The fourth-order valence-electron chi connectivity index (χ4n) is 3.78. The van der Waals surface area contributed by atoms with Crippen LogP contribution in [0.2, 0.25) is 0 Å². The third-order valence-corrected chi connectivity index (χ3v) is 5.45. The topological polar surface area (TPSA) is 134 Å². The van der Waals surface area contributed by atoms with Crippen molar-refractivity contribution in [3.05, 3.63) is 65.7 Å². The Morgan fingerprint density at radius 3 is 2.11 bits per heavy atom. The van der Waals surface area contributed by atoms with Crippen LogP contribution in [-0.2, 0) is 30.3 Å². The van der Waals surface area contributed by atoms with Gasteiger partial charge in [-0.2, -0.15) is 0 Å². The molecule has 3 N–H and O–H groups in total. The fraction of sp³-hybridized carbons (Fsp3) is 0.429. The van der Waals surface area contributed by atoms with Crippen LogP contribution in [0.25, 0.3) is 0 Å². The van der Waals surface area contributed by atoms with Crippen molar-refractivity contribution in [3.63, 3.8) is 0 Å². The number of phenols is 1. The standard InChI is InChI=1S/C28H37N3O7/c1-18(2)31(24(20-12-14-21(32)15-13-20)25(34)29-17-23(33)37-6)26(35)22(16-19-10-8-7-9-11-19)30-27(36)38-28(3,4)5/h7-15,18,22,24,32H,16-17H2,1-6H3,(H,29,34)(H,30,36). The van der Waals surface area contributed by atoms with Gasteiger partial charge >= 0.3 is 12.1 Å². The Morgan fingerprint density at radius 2 is 1.58 bits per heavy atom. The highest BCUT2D eigenvalue weighted by molar-refractivity contribution is 5.93. The Hall–Kier alpha value is -4.08. The maximum absolute atomic E-state index is 14.1. The molecule has 2 rings (SSSR count). The van der Waals surface area contributed by atoms with Gasteiger partial charge in [-0.1, -0.05) is 42.5 Å². The van der Waals surface area contributed by atoms with Gasteiger partial charge in [-0.15, -0.1) is 0 Å². The number of nitrogens with one attached hydrogen (secondary N) is 2. The Balaban J connectivity index is 2.50. The number of hydrogen-bond acceptors (Lipinski definition) is 7. The van der Waals surface area contributed by atoms with Gasteiger partial charge in [0.15, 0.2) is 0 Å². The van der Waals surface area contributed by atoms with Crippen molar-refractivity contribution >= 4 is 23.9 Å². The van der Waals surface area contributed by atoms with Gasteiger partial charge in [0.05, 0.1) is 7.11 Å². The van der Waals surface area contributed by atoms with Crippen LogP contribution in [-0.4, -0.2) is 65.2 Å². The fourth-order valence-corrected chi connectivity index (χ4v) is 3.78. The Morgan fingerprint density at radius 1 is 0.974 bits per heavy atom. The zero-order valence-corrected chi connectivity index (χ0v) is 22.7. The van der Waals surface area contributed by atoms with Gasteiger partial charge in [-0.3, -0.25) is 14.4 Å². The lowest BCUT2D eigenvalue weighted by atomic mass is 9.99. The van der Waals surface area contributed by atoms with Gasteiger partial charge in [0, 0.05) is 12.5 Å². The second kappa shape index (κ2) is 13.5. The van der Waals surface area contributed by atoms with E-state index in [1.807, 2.05) is 30.3 Å². The van der Waals surface area contributed by atoms with Crippen molar-refractivity contribution in [1.82, 2.24) is 15.5 Å². The molecule has 2 atom stereocenters. The molecule has 38 heavy (non-hydrogen) atoms. The molecule has 2 aromatic rings. The molecule has 0 aliphatic heterocycles. The number of ether oxygens (including phenoxy) is 2. The summed E-state index contributed by atoms with van der Waals surface area (Å²) >= 11 is 0. The lowest BCUT2D eigenvalue weighted by Gasteiger charge is -2.37. The molecule has 0 heterocycles. The Kier molecular flexibility index (Phi) is 10.7. The van der Waals surface area contributed by atoms with Crippen LogP contribution in [0.4, 0.5) is 4.79 Å². The summed E-state index contributed by atoms with van der Waals surface area (Å²) in [5.41, 5.74) is 0.412. The second-order valence-corrected chi connectivity index (χ2v) is 10.0. The van der Waals surface area contributed by atoms with Crippen LogP contribution in [0.3, 0.4) is 0 Å². The predicted octanol–water partition coefficient (Wildman–Crippen LogP) is 3.10. The van der Waals surface area contributed by atoms with Crippen LogP contribution >= 0.6 is 0 Å². The average Bonchev–Trinajstić information content (AvgIpc) is 2.84. The Bertz CT molecular complexity index is 1100. The minimum Gasteiger partial charge on any atom is -0.508 e. The quantitative estimate of drug-likeness (QED) is 0.404. The zero-order chi connectivity index (χ0) is 28.5. The van der Waals surface area contributed by atoms with E-state index < -0.39 is 54.1 Å². The second-order valence-electron chi connectivity index (χ2n) is 10.0. The molecule has 0 radical (unpaired) electrons. The molecular weight excluding hydrogens is 490 g/mol. The predicted molar refractivity (Wildman–Crippen MR) is 141 cm³/mol. The normalized spacial score (nSPS) is 12.7. The largest absolute Gasteiger partial charge is 0.508 e. The van der Waals surface area contributed by atoms with Crippen LogP contribution in [0.1, 0.15) is 51.8 Å². The smallest absolute Gasteiger partial charge is 0.408 e. The third kappa shape index (κ3) is 9.10. The Labute approximate surface area is 223 Å². The summed E-state index contributed by atoms with van der Waals surface area (Å²) in [7, 11) is 1.20. The van der Waals surface area contributed by atoms with Crippen LogP contribution in [0.5, 0.6) is 5.75 Å². The number of hydrogen-bond donors (Lipinski definition) is 3. The molecule has 0 saturated carbocycles. The number of rotatable bonds is 10. The number of esters is 1. The number of amides is 3. The first-order valence-electron chi connectivity index (χ1n) is 12.3. The van der Waals surface area contributed by atoms with E-state index >= 15 is 0 Å². The number of alkyl carbamates (subject to hydrolysis) is 1. The van der Waals surface area contributed by atoms with E-state index in [0.29, 0.717) is 5.56 Å². The molecular formula is C28H37N3O7. The minimum absolute atomic E-state index is 0.0153. The highest BCUT2D eigenvalue weighted by atomic mass is 16.6. The van der Waals surface area contributed by atoms with Crippen molar-refractivity contribution in [2.45, 2.75) is 64.8 Å². The minimum atomic E-state index is -1.17. The van der Waals surface area contributed by atoms with Crippen molar-refractivity contribution in [2.24, 2.45) is 0 Å². The first-order valence-corrected chi connectivity index (χ1v) is 12.3. The first kappa shape index (κ1) is 30.1. The van der Waals surface area contributed by atoms with Crippen molar-refractivity contribution < 1.29 is 33.8 Å². The van der Waals surface area contributed by atoms with Crippen molar-refractivity contribution in [2.75, 3.05) is 13.7 Å². The summed E-state index contributed by atoms with van der Waals surface area (Å²) in [5, 5.41) is 15.0. The van der Waals surface area contributed by atoms with Gasteiger partial charge in [0.2, 0.25) is 11.8 Å². The highest BCUT2D eigenvalue weighted by Crippen LogP contribution is 2.27. The van der Waals surface area contributed by atoms with Gasteiger partial charge in [-0.05, 0) is 57.9 Å². The summed E-state index contributed by atoms with van der Waals surface area (Å²) in [6, 6.07) is 12.3. The van der Waals surface area contributed by atoms with Crippen LogP contribution < -0.4 is 10.6 Å². The molecule has 0 saturated heterocycles. The van der Waals surface area contributed by atoms with Gasteiger partial charge in [0.25, 0.3) is 0 Å². The molecule has 2 unspecified atom stereocenters. The average molecular weight is 528 g/mol. The van der Waals surface area contributed by atoms with Gasteiger partial charge < -0.3 is 30.1 Å². The molecule has 10 heteroatoms. The number of carbonyl (C=O) groups excluding carboxylic acids is 4. The molecule has 2 aromatic carbocycles. The number of methoxy groups -OCH3 is 1. The zero-order valence-electron chi connectivity index (χ0n) is 22.7. The van der Waals surface area contributed by atoms with E-state index in [4.69, 9.17) is 4.74 Å². The molecule has 0 aliphatic carbocycles. The maximum atomic E-state index is 14.1. The van der Waals surface area contributed by atoms with E-state index in [1.165, 1.54) is 36.3 Å². The van der Waals surface area contributed by atoms with Crippen LogP contribution in [0, 0.1) is 0 Å². The molecule has 206 valence electrons. The molecule has 3 amide bonds. The number of aromatic hydroxyl groups is 1. The summed E-state index contributed by atoms with van der Waals surface area (Å²) < 4.78 is 10.0. The van der Waals surface area contributed by atoms with Crippen molar-refractivity contribution in [1.29, 1.82) is 0 Å². The molecule has 0 aromatic heterocycles. The number of phenolic OH excluding ortho intramolecular Hbond substituents is 1. The third-order valence-electron chi connectivity index (χ3n) is 5.45. The summed E-state index contributed by atoms with van der Waals surface area (Å²) in [5.74, 6) is -1.82.